The lowest BCUT2D eigenvalue weighted by atomic mass is 10.0. The monoisotopic (exact) mass is 355 g/mol. The van der Waals surface area contributed by atoms with Gasteiger partial charge in [-0.25, -0.2) is 14.8 Å². The Balaban J connectivity index is 1.79. The first kappa shape index (κ1) is 18.9. The van der Waals surface area contributed by atoms with Gasteiger partial charge in [0.05, 0.1) is 12.3 Å². The van der Waals surface area contributed by atoms with Crippen molar-refractivity contribution in [3.05, 3.63) is 23.2 Å². The molecular formula is C17H26ClN3O3. The van der Waals surface area contributed by atoms with Crippen molar-refractivity contribution < 1.29 is 14.3 Å². The van der Waals surface area contributed by atoms with Crippen molar-refractivity contribution in [2.24, 2.45) is 0 Å². The summed E-state index contributed by atoms with van der Waals surface area (Å²) < 4.78 is 11.2. The summed E-state index contributed by atoms with van der Waals surface area (Å²) in [6.45, 7) is 7.37. The summed E-state index contributed by atoms with van der Waals surface area (Å²) in [5.74, 6) is 0. The molecule has 134 valence electrons. The van der Waals surface area contributed by atoms with Crippen molar-refractivity contribution in [1.82, 2.24) is 14.9 Å². The second-order valence-electron chi connectivity index (χ2n) is 6.98. The molecule has 1 unspecified atom stereocenters. The summed E-state index contributed by atoms with van der Waals surface area (Å²) in [5.41, 5.74) is 0.282. The lowest BCUT2D eigenvalue weighted by Crippen LogP contribution is -2.46. The van der Waals surface area contributed by atoms with E-state index in [1.54, 1.807) is 12.3 Å². The second-order valence-corrected chi connectivity index (χ2v) is 7.32. The zero-order valence-electron chi connectivity index (χ0n) is 14.6. The molecule has 2 rings (SSSR count). The van der Waals surface area contributed by atoms with Crippen LogP contribution in [-0.4, -0.2) is 45.8 Å². The molecule has 7 heteroatoms. The topological polar surface area (TPSA) is 64.5 Å². The minimum Gasteiger partial charge on any atom is -0.444 e. The number of hydrogen-bond donors (Lipinski definition) is 0. The molecule has 1 aromatic heterocycles. The number of hydrogen-bond acceptors (Lipinski definition) is 5. The average molecular weight is 356 g/mol. The number of likely N-dealkylation sites (tertiary alicyclic amines) is 1. The zero-order chi connectivity index (χ0) is 17.6. The zero-order valence-corrected chi connectivity index (χ0v) is 15.4. The quantitative estimate of drug-likeness (QED) is 0.593. The third-order valence-electron chi connectivity index (χ3n) is 3.78. The number of halogens is 1. The van der Waals surface area contributed by atoms with Gasteiger partial charge < -0.3 is 14.4 Å². The molecular weight excluding hydrogens is 330 g/mol. The first-order chi connectivity index (χ1) is 11.3. The Kier molecular flexibility index (Phi) is 6.80. The lowest BCUT2D eigenvalue weighted by molar-refractivity contribution is 0.00368. The fourth-order valence-corrected chi connectivity index (χ4v) is 2.87. The van der Waals surface area contributed by atoms with Crippen molar-refractivity contribution >= 4 is 17.7 Å². The van der Waals surface area contributed by atoms with Crippen LogP contribution in [0.15, 0.2) is 12.3 Å². The first-order valence-corrected chi connectivity index (χ1v) is 8.78. The van der Waals surface area contributed by atoms with E-state index in [0.29, 0.717) is 13.2 Å². The van der Waals surface area contributed by atoms with Gasteiger partial charge in [0.2, 0.25) is 5.28 Å². The fraction of sp³-hybridized carbons (Fsp3) is 0.706. The summed E-state index contributed by atoms with van der Waals surface area (Å²) in [5, 5.41) is 0.222. The summed E-state index contributed by atoms with van der Waals surface area (Å²) in [4.78, 5) is 22.1. The van der Waals surface area contributed by atoms with Gasteiger partial charge in [-0.15, -0.1) is 0 Å². The molecule has 0 aromatic carbocycles. The van der Waals surface area contributed by atoms with Crippen LogP contribution in [-0.2, 0) is 16.1 Å². The van der Waals surface area contributed by atoms with Crippen LogP contribution in [0.2, 0.25) is 5.28 Å². The SMILES string of the molecule is CC(C)(C)OC(=O)N1CCCCC1CCOCc1ccnc(Cl)n1. The van der Waals surface area contributed by atoms with E-state index in [9.17, 15) is 4.79 Å². The van der Waals surface area contributed by atoms with Gasteiger partial charge in [0.15, 0.2) is 0 Å². The molecule has 0 bridgehead atoms. The van der Waals surface area contributed by atoms with E-state index >= 15 is 0 Å². The van der Waals surface area contributed by atoms with E-state index in [1.807, 2.05) is 25.7 Å². The van der Waals surface area contributed by atoms with E-state index in [1.165, 1.54) is 0 Å². The number of piperidine rings is 1. The van der Waals surface area contributed by atoms with Crippen LogP contribution in [0.5, 0.6) is 0 Å². The van der Waals surface area contributed by atoms with Crippen molar-refractivity contribution in [2.75, 3.05) is 13.2 Å². The molecule has 1 aromatic rings. The maximum absolute atomic E-state index is 12.3. The Labute approximate surface area is 148 Å². The Hall–Kier alpha value is -1.40. The van der Waals surface area contributed by atoms with Gasteiger partial charge in [-0.05, 0) is 64.1 Å². The highest BCUT2D eigenvalue weighted by atomic mass is 35.5. The molecule has 1 fully saturated rings. The molecule has 2 heterocycles. The van der Waals surface area contributed by atoms with Gasteiger partial charge in [0, 0.05) is 25.4 Å². The minimum atomic E-state index is -0.470. The Bertz CT molecular complexity index is 548. The van der Waals surface area contributed by atoms with Crippen molar-refractivity contribution in [2.45, 2.75) is 64.7 Å². The average Bonchev–Trinajstić information content (AvgIpc) is 2.50. The van der Waals surface area contributed by atoms with E-state index in [-0.39, 0.29) is 17.4 Å². The number of carbonyl (C=O) groups excluding carboxylic acids is 1. The normalized spacial score (nSPS) is 18.5. The van der Waals surface area contributed by atoms with Gasteiger partial charge >= 0.3 is 6.09 Å². The van der Waals surface area contributed by atoms with E-state index in [2.05, 4.69) is 9.97 Å². The lowest BCUT2D eigenvalue weighted by Gasteiger charge is -2.36. The molecule has 0 N–H and O–H groups in total. The summed E-state index contributed by atoms with van der Waals surface area (Å²) in [6, 6.07) is 1.95. The van der Waals surface area contributed by atoms with Crippen LogP contribution in [0, 0.1) is 0 Å². The molecule has 24 heavy (non-hydrogen) atoms. The second kappa shape index (κ2) is 8.62. The molecule has 1 saturated heterocycles. The van der Waals surface area contributed by atoms with Crippen LogP contribution in [0.3, 0.4) is 0 Å². The van der Waals surface area contributed by atoms with Crippen LogP contribution in [0.4, 0.5) is 4.79 Å². The van der Waals surface area contributed by atoms with Gasteiger partial charge in [-0.2, -0.15) is 0 Å². The van der Waals surface area contributed by atoms with Gasteiger partial charge in [0.1, 0.15) is 5.60 Å². The smallest absolute Gasteiger partial charge is 0.410 e. The molecule has 1 aliphatic rings. The van der Waals surface area contributed by atoms with Crippen molar-refractivity contribution in [3.8, 4) is 0 Å². The molecule has 0 spiro atoms. The summed E-state index contributed by atoms with van der Waals surface area (Å²) in [6.07, 6.45) is 5.32. The predicted molar refractivity (Wildman–Crippen MR) is 91.9 cm³/mol. The first-order valence-electron chi connectivity index (χ1n) is 8.40. The standard InChI is InChI=1S/C17H26ClN3O3/c1-17(2,3)24-16(22)21-10-5-4-6-14(21)8-11-23-12-13-7-9-19-15(18)20-13/h7,9,14H,4-6,8,10-12H2,1-3H3. The Morgan fingerprint density at radius 3 is 2.92 bits per heavy atom. The molecule has 1 aliphatic heterocycles. The highest BCUT2D eigenvalue weighted by Gasteiger charge is 2.30. The number of aromatic nitrogens is 2. The summed E-state index contributed by atoms with van der Waals surface area (Å²) >= 11 is 5.75. The van der Waals surface area contributed by atoms with E-state index in [0.717, 1.165) is 37.9 Å². The highest BCUT2D eigenvalue weighted by molar-refractivity contribution is 6.28. The van der Waals surface area contributed by atoms with Crippen LogP contribution in [0.1, 0.15) is 52.1 Å². The Morgan fingerprint density at radius 2 is 2.21 bits per heavy atom. The number of amides is 1. The molecule has 1 atom stereocenters. The van der Waals surface area contributed by atoms with E-state index < -0.39 is 5.60 Å². The number of ether oxygens (including phenoxy) is 2. The number of carbonyl (C=O) groups is 1. The van der Waals surface area contributed by atoms with Crippen LogP contribution >= 0.6 is 11.6 Å². The Morgan fingerprint density at radius 1 is 1.42 bits per heavy atom. The summed E-state index contributed by atoms with van der Waals surface area (Å²) in [7, 11) is 0. The number of rotatable bonds is 5. The van der Waals surface area contributed by atoms with Gasteiger partial charge in [0.25, 0.3) is 0 Å². The molecule has 6 nitrogen and oxygen atoms in total. The van der Waals surface area contributed by atoms with Crippen molar-refractivity contribution in [1.29, 1.82) is 0 Å². The molecule has 0 radical (unpaired) electrons. The third-order valence-corrected chi connectivity index (χ3v) is 3.97. The van der Waals surface area contributed by atoms with Crippen molar-refractivity contribution in [3.63, 3.8) is 0 Å². The molecule has 0 saturated carbocycles. The van der Waals surface area contributed by atoms with Gasteiger partial charge in [-0.1, -0.05) is 0 Å². The predicted octanol–water partition coefficient (Wildman–Crippen LogP) is 3.83. The minimum absolute atomic E-state index is 0.169. The third kappa shape index (κ3) is 6.24. The molecule has 1 amide bonds. The number of nitrogens with zero attached hydrogens (tertiary/aromatic N) is 3. The largest absolute Gasteiger partial charge is 0.444 e. The highest BCUT2D eigenvalue weighted by Crippen LogP contribution is 2.22. The maximum Gasteiger partial charge on any atom is 0.410 e. The molecule has 0 aliphatic carbocycles. The van der Waals surface area contributed by atoms with Gasteiger partial charge in [-0.3, -0.25) is 0 Å². The van der Waals surface area contributed by atoms with E-state index in [4.69, 9.17) is 21.1 Å². The fourth-order valence-electron chi connectivity index (χ4n) is 2.71. The van der Waals surface area contributed by atoms with Crippen LogP contribution < -0.4 is 0 Å². The maximum atomic E-state index is 12.3. The van der Waals surface area contributed by atoms with Crippen LogP contribution in [0.25, 0.3) is 0 Å².